The molecule has 2 aromatic rings. The van der Waals surface area contributed by atoms with E-state index in [0.717, 1.165) is 12.0 Å². The van der Waals surface area contributed by atoms with Crippen LogP contribution in [0.2, 0.25) is 0 Å². The summed E-state index contributed by atoms with van der Waals surface area (Å²) in [5.41, 5.74) is 0.494. The van der Waals surface area contributed by atoms with Gasteiger partial charge in [-0.2, -0.15) is 0 Å². The molecule has 2 rings (SSSR count). The predicted molar refractivity (Wildman–Crippen MR) is 144 cm³/mol. The van der Waals surface area contributed by atoms with Crippen molar-refractivity contribution >= 4 is 17.9 Å². The number of unbranched alkanes of at least 4 members (excludes halogenated alkanes) is 1. The number of nitrogens with one attached hydrogen (secondary N) is 2. The van der Waals surface area contributed by atoms with Crippen molar-refractivity contribution in [2.24, 2.45) is 5.92 Å². The van der Waals surface area contributed by atoms with E-state index >= 15 is 0 Å². The first-order valence-electron chi connectivity index (χ1n) is 12.8. The molecule has 0 aromatic heterocycles. The zero-order chi connectivity index (χ0) is 27.6. The maximum atomic E-state index is 14.0. The summed E-state index contributed by atoms with van der Waals surface area (Å²) in [6.45, 7) is 11.4. The number of carbonyl (C=O) groups excluding carboxylic acids is 3. The van der Waals surface area contributed by atoms with Crippen molar-refractivity contribution in [1.82, 2.24) is 15.5 Å². The fourth-order valence-corrected chi connectivity index (χ4v) is 3.87. The van der Waals surface area contributed by atoms with Crippen molar-refractivity contribution in [3.63, 3.8) is 0 Å². The average Bonchev–Trinajstić information content (AvgIpc) is 2.83. The third-order valence-corrected chi connectivity index (χ3v) is 5.74. The molecule has 0 aliphatic rings. The molecule has 37 heavy (non-hydrogen) atoms. The molecular weight excluding hydrogens is 470 g/mol. The summed E-state index contributed by atoms with van der Waals surface area (Å²) >= 11 is 0. The van der Waals surface area contributed by atoms with E-state index in [1.54, 1.807) is 39.0 Å². The van der Waals surface area contributed by atoms with Crippen LogP contribution in [-0.2, 0) is 20.9 Å². The van der Waals surface area contributed by atoms with Gasteiger partial charge >= 0.3 is 6.09 Å². The number of carbonyl (C=O) groups is 3. The Balaban J connectivity index is 2.45. The van der Waals surface area contributed by atoms with Crippen LogP contribution < -0.4 is 10.6 Å². The van der Waals surface area contributed by atoms with Crippen molar-refractivity contribution < 1.29 is 24.2 Å². The summed E-state index contributed by atoms with van der Waals surface area (Å²) in [6.07, 6.45) is 0.719. The topological polar surface area (TPSA) is 108 Å². The highest BCUT2D eigenvalue weighted by molar-refractivity contribution is 5.92. The minimum atomic E-state index is -1.09. The van der Waals surface area contributed by atoms with Crippen LogP contribution in [0.4, 0.5) is 4.79 Å². The van der Waals surface area contributed by atoms with Gasteiger partial charge in [-0.3, -0.25) is 9.59 Å². The fourth-order valence-electron chi connectivity index (χ4n) is 3.87. The maximum absolute atomic E-state index is 14.0. The molecule has 0 saturated carbocycles. The van der Waals surface area contributed by atoms with E-state index in [2.05, 4.69) is 10.6 Å². The molecule has 0 aliphatic heterocycles. The smallest absolute Gasteiger partial charge is 0.408 e. The van der Waals surface area contributed by atoms with Gasteiger partial charge in [0, 0.05) is 18.7 Å². The molecule has 8 heteroatoms. The number of benzene rings is 2. The van der Waals surface area contributed by atoms with Crippen LogP contribution in [0.3, 0.4) is 0 Å². The van der Waals surface area contributed by atoms with Gasteiger partial charge in [-0.05, 0) is 44.7 Å². The fraction of sp³-hybridized carbons (Fsp3) is 0.483. The third-order valence-electron chi connectivity index (χ3n) is 5.74. The molecule has 3 N–H and O–H groups in total. The van der Waals surface area contributed by atoms with E-state index in [1.807, 2.05) is 51.1 Å². The summed E-state index contributed by atoms with van der Waals surface area (Å²) in [5.74, 6) is -1.20. The number of para-hydroxylation sites is 1. The van der Waals surface area contributed by atoms with Crippen molar-refractivity contribution in [2.75, 3.05) is 6.54 Å². The standard InChI is InChI=1S/C29H41N3O5/c1-7-8-18-32(27(35)24(20(2)3)31-28(36)37-29(4,5)6)25(22-16-12-13-17-23(22)33)26(34)30-19-21-14-10-9-11-15-21/h9-17,20,24-25,33H,7-8,18-19H2,1-6H3,(H,30,34)(H,31,36). The Morgan fingerprint density at radius 3 is 2.19 bits per heavy atom. The number of alkyl carbamates (subject to hydrolysis) is 1. The van der Waals surface area contributed by atoms with Gasteiger partial charge in [0.2, 0.25) is 11.8 Å². The number of hydrogen-bond acceptors (Lipinski definition) is 5. The number of ether oxygens (including phenoxy) is 1. The monoisotopic (exact) mass is 511 g/mol. The van der Waals surface area contributed by atoms with Crippen molar-refractivity contribution in [3.05, 3.63) is 65.7 Å². The van der Waals surface area contributed by atoms with E-state index in [1.165, 1.54) is 11.0 Å². The Hall–Kier alpha value is -3.55. The molecule has 0 aliphatic carbocycles. The summed E-state index contributed by atoms with van der Waals surface area (Å²) in [4.78, 5) is 41.7. The number of phenolic OH excluding ortho intramolecular Hbond substituents is 1. The number of nitrogens with zero attached hydrogens (tertiary/aromatic N) is 1. The normalized spacial score (nSPS) is 12.9. The number of amides is 3. The molecular formula is C29H41N3O5. The second-order valence-electron chi connectivity index (χ2n) is 10.4. The van der Waals surface area contributed by atoms with Crippen LogP contribution in [0.15, 0.2) is 54.6 Å². The Morgan fingerprint density at radius 2 is 1.62 bits per heavy atom. The molecule has 0 fully saturated rings. The molecule has 8 nitrogen and oxygen atoms in total. The number of aromatic hydroxyl groups is 1. The summed E-state index contributed by atoms with van der Waals surface area (Å²) < 4.78 is 5.39. The van der Waals surface area contributed by atoms with Gasteiger partial charge in [-0.25, -0.2) is 4.79 Å². The Labute approximate surface area is 220 Å². The van der Waals surface area contributed by atoms with E-state index < -0.39 is 35.6 Å². The van der Waals surface area contributed by atoms with E-state index in [4.69, 9.17) is 4.74 Å². The van der Waals surface area contributed by atoms with Crippen molar-refractivity contribution in [2.45, 2.75) is 78.6 Å². The van der Waals surface area contributed by atoms with Crippen LogP contribution >= 0.6 is 0 Å². The zero-order valence-corrected chi connectivity index (χ0v) is 22.8. The molecule has 0 saturated heterocycles. The number of phenols is 1. The Morgan fingerprint density at radius 1 is 1.00 bits per heavy atom. The molecule has 2 aromatic carbocycles. The molecule has 2 unspecified atom stereocenters. The van der Waals surface area contributed by atoms with Crippen LogP contribution in [0.25, 0.3) is 0 Å². The van der Waals surface area contributed by atoms with Crippen LogP contribution in [0.5, 0.6) is 5.75 Å². The van der Waals surface area contributed by atoms with Gasteiger partial charge in [0.1, 0.15) is 23.4 Å². The predicted octanol–water partition coefficient (Wildman–Crippen LogP) is 4.93. The first-order chi connectivity index (χ1) is 17.4. The molecule has 0 radical (unpaired) electrons. The highest BCUT2D eigenvalue weighted by Crippen LogP contribution is 2.30. The van der Waals surface area contributed by atoms with Gasteiger partial charge in [0.25, 0.3) is 0 Å². The van der Waals surface area contributed by atoms with Gasteiger partial charge < -0.3 is 25.4 Å². The van der Waals surface area contributed by atoms with Gasteiger partial charge in [-0.15, -0.1) is 0 Å². The van der Waals surface area contributed by atoms with Crippen LogP contribution in [-0.4, -0.2) is 46.1 Å². The lowest BCUT2D eigenvalue weighted by atomic mass is 9.98. The van der Waals surface area contributed by atoms with Crippen molar-refractivity contribution in [3.8, 4) is 5.75 Å². The molecule has 0 bridgehead atoms. The average molecular weight is 512 g/mol. The number of hydrogen-bond donors (Lipinski definition) is 3. The summed E-state index contributed by atoms with van der Waals surface area (Å²) in [6, 6.07) is 13.9. The molecule has 202 valence electrons. The SMILES string of the molecule is CCCCN(C(=O)C(NC(=O)OC(C)(C)C)C(C)C)C(C(=O)NCc1ccccc1)c1ccccc1O. The molecule has 0 spiro atoms. The van der Waals surface area contributed by atoms with Crippen molar-refractivity contribution in [1.29, 1.82) is 0 Å². The van der Waals surface area contributed by atoms with Crippen LogP contribution in [0, 0.1) is 5.92 Å². The quantitative estimate of drug-likeness (QED) is 0.397. The lowest BCUT2D eigenvalue weighted by molar-refractivity contribution is -0.143. The highest BCUT2D eigenvalue weighted by atomic mass is 16.6. The maximum Gasteiger partial charge on any atom is 0.408 e. The minimum absolute atomic E-state index is 0.0853. The molecule has 0 heterocycles. The third kappa shape index (κ3) is 9.12. The minimum Gasteiger partial charge on any atom is -0.508 e. The lowest BCUT2D eigenvalue weighted by Crippen LogP contribution is -2.55. The second-order valence-corrected chi connectivity index (χ2v) is 10.4. The Bertz CT molecular complexity index is 1030. The van der Waals surface area contributed by atoms with Crippen LogP contribution in [0.1, 0.15) is 71.6 Å². The van der Waals surface area contributed by atoms with Gasteiger partial charge in [-0.1, -0.05) is 75.7 Å². The van der Waals surface area contributed by atoms with Gasteiger partial charge in [0.05, 0.1) is 0 Å². The molecule has 3 amide bonds. The summed E-state index contributed by atoms with van der Waals surface area (Å²) in [7, 11) is 0. The molecule has 2 atom stereocenters. The van der Waals surface area contributed by atoms with Gasteiger partial charge in [0.15, 0.2) is 0 Å². The summed E-state index contributed by atoms with van der Waals surface area (Å²) in [5, 5.41) is 16.3. The van der Waals surface area contributed by atoms with E-state index in [0.29, 0.717) is 12.0 Å². The lowest BCUT2D eigenvalue weighted by Gasteiger charge is -2.35. The van der Waals surface area contributed by atoms with E-state index in [-0.39, 0.29) is 24.8 Å². The zero-order valence-electron chi connectivity index (χ0n) is 22.8. The van der Waals surface area contributed by atoms with E-state index in [9.17, 15) is 19.5 Å². The highest BCUT2D eigenvalue weighted by Gasteiger charge is 2.38. The first-order valence-corrected chi connectivity index (χ1v) is 12.8. The Kier molecular flexibility index (Phi) is 11.0. The first kappa shape index (κ1) is 29.7. The number of rotatable bonds is 11. The second kappa shape index (κ2) is 13.7. The largest absolute Gasteiger partial charge is 0.508 e.